The van der Waals surface area contributed by atoms with E-state index in [0.29, 0.717) is 0 Å². The van der Waals surface area contributed by atoms with Gasteiger partial charge in [0.15, 0.2) is 15.7 Å². The number of hydrogen-bond donors (Lipinski definition) is 3. The molecule has 0 spiro atoms. The lowest BCUT2D eigenvalue weighted by Crippen LogP contribution is -2.22. The average molecular weight is 310 g/mol. The molecule has 4 N–H and O–H groups in total. The molecule has 0 bridgehead atoms. The smallest absolute Gasteiger partial charge is 0.295 e. The highest BCUT2D eigenvalue weighted by Crippen LogP contribution is 2.27. The van der Waals surface area contributed by atoms with Crippen LogP contribution in [0.5, 0.6) is 0 Å². The Bertz CT molecular complexity index is 777. The predicted octanol–water partition coefficient (Wildman–Crippen LogP) is 0.226. The summed E-state index contributed by atoms with van der Waals surface area (Å²) in [6.45, 7) is 0. The van der Waals surface area contributed by atoms with E-state index in [1.165, 1.54) is 6.07 Å². The van der Waals surface area contributed by atoms with Gasteiger partial charge in [0, 0.05) is 12.3 Å². The molecular weight excluding hydrogens is 300 g/mol. The van der Waals surface area contributed by atoms with Gasteiger partial charge >= 0.3 is 0 Å². The lowest BCUT2D eigenvalue weighted by Gasteiger charge is -2.04. The summed E-state index contributed by atoms with van der Waals surface area (Å²) in [5.41, 5.74) is 6.14. The molecule has 0 fully saturated rings. The lowest BCUT2D eigenvalue weighted by atomic mass is 10.3. The number of benzene rings is 1. The first-order valence-corrected chi connectivity index (χ1v) is 7.12. The van der Waals surface area contributed by atoms with E-state index in [-0.39, 0.29) is 10.6 Å². The third-order valence-electron chi connectivity index (χ3n) is 2.24. The number of nitrogens with one attached hydrogen (secondary N) is 2. The Morgan fingerprint density at radius 1 is 1.57 bits per heavy atom. The van der Waals surface area contributed by atoms with Crippen LogP contribution in [0, 0.1) is 26.9 Å². The van der Waals surface area contributed by atoms with Gasteiger partial charge in [0.25, 0.3) is 5.69 Å². The standard InChI is InChI=1S/C10H10N6O4S/c1-21(19,20)6-2-3-7(9(4-6)16(17)18)14-15-8(5-11)10(12)13/h2-4,14H,1H3,(H3,12,13)/b15-8+. The highest BCUT2D eigenvalue weighted by Gasteiger charge is 2.18. The first-order chi connectivity index (χ1) is 9.66. The summed E-state index contributed by atoms with van der Waals surface area (Å²) in [7, 11) is -3.60. The van der Waals surface area contributed by atoms with Crippen molar-refractivity contribution in [3.63, 3.8) is 0 Å². The minimum absolute atomic E-state index is 0.138. The molecule has 0 unspecified atom stereocenters. The fourth-order valence-corrected chi connectivity index (χ4v) is 1.89. The highest BCUT2D eigenvalue weighted by atomic mass is 32.2. The van der Waals surface area contributed by atoms with Gasteiger partial charge in [-0.25, -0.2) is 8.42 Å². The van der Waals surface area contributed by atoms with Crippen LogP contribution in [-0.2, 0) is 9.84 Å². The van der Waals surface area contributed by atoms with Crippen LogP contribution < -0.4 is 11.2 Å². The average Bonchev–Trinajstić information content (AvgIpc) is 2.37. The number of amidine groups is 1. The Labute approximate surface area is 119 Å². The molecule has 0 saturated heterocycles. The SMILES string of the molecule is CS(=O)(=O)c1ccc(N/N=C(\C#N)C(=N)N)c([N+](=O)[O-])c1. The van der Waals surface area contributed by atoms with E-state index in [0.717, 1.165) is 24.5 Å². The van der Waals surface area contributed by atoms with Crippen molar-refractivity contribution in [3.8, 4) is 6.07 Å². The van der Waals surface area contributed by atoms with Crippen LogP contribution in [0.25, 0.3) is 0 Å². The van der Waals surface area contributed by atoms with E-state index in [1.54, 1.807) is 0 Å². The molecule has 1 rings (SSSR count). The van der Waals surface area contributed by atoms with Gasteiger partial charge in [-0.1, -0.05) is 0 Å². The molecule has 0 aliphatic heterocycles. The summed E-state index contributed by atoms with van der Waals surface area (Å²) in [6, 6.07) is 4.68. The number of hydrogen-bond acceptors (Lipinski definition) is 8. The van der Waals surface area contributed by atoms with E-state index < -0.39 is 32.0 Å². The molecule has 0 atom stereocenters. The Morgan fingerprint density at radius 2 is 2.19 bits per heavy atom. The molecule has 0 saturated carbocycles. The van der Waals surface area contributed by atoms with Crippen LogP contribution >= 0.6 is 0 Å². The Hall–Kier alpha value is -3.00. The lowest BCUT2D eigenvalue weighted by molar-refractivity contribution is -0.384. The number of nitriles is 1. The molecule has 0 heterocycles. The summed E-state index contributed by atoms with van der Waals surface area (Å²) in [4.78, 5) is 9.91. The Balaban J connectivity index is 3.30. The van der Waals surface area contributed by atoms with Gasteiger partial charge in [0.1, 0.15) is 11.8 Å². The van der Waals surface area contributed by atoms with Crippen LogP contribution in [0.3, 0.4) is 0 Å². The summed E-state index contributed by atoms with van der Waals surface area (Å²) in [6.07, 6.45) is 0.918. The van der Waals surface area contributed by atoms with Crippen molar-refractivity contribution in [2.45, 2.75) is 4.90 Å². The third kappa shape index (κ3) is 3.98. The number of nitro groups is 1. The summed E-state index contributed by atoms with van der Waals surface area (Å²) < 4.78 is 22.7. The van der Waals surface area contributed by atoms with Crippen LogP contribution in [0.4, 0.5) is 11.4 Å². The molecular formula is C10H10N6O4S. The van der Waals surface area contributed by atoms with Crippen molar-refractivity contribution < 1.29 is 13.3 Å². The molecule has 10 nitrogen and oxygen atoms in total. The largest absolute Gasteiger partial charge is 0.382 e. The van der Waals surface area contributed by atoms with E-state index in [4.69, 9.17) is 16.4 Å². The van der Waals surface area contributed by atoms with E-state index in [2.05, 4.69) is 10.5 Å². The van der Waals surface area contributed by atoms with E-state index >= 15 is 0 Å². The Morgan fingerprint density at radius 3 is 2.62 bits per heavy atom. The van der Waals surface area contributed by atoms with Crippen molar-refractivity contribution in [1.82, 2.24) is 0 Å². The maximum atomic E-state index is 11.4. The number of hydrazone groups is 1. The number of nitro benzene ring substituents is 1. The fraction of sp³-hybridized carbons (Fsp3) is 0.100. The van der Waals surface area contributed by atoms with E-state index in [1.807, 2.05) is 0 Å². The summed E-state index contributed by atoms with van der Waals surface area (Å²) in [5.74, 6) is -0.611. The third-order valence-corrected chi connectivity index (χ3v) is 3.35. The van der Waals surface area contributed by atoms with Crippen molar-refractivity contribution in [2.24, 2.45) is 10.8 Å². The molecule has 0 radical (unpaired) electrons. The predicted molar refractivity (Wildman–Crippen MR) is 74.8 cm³/mol. The van der Waals surface area contributed by atoms with Crippen LogP contribution in [0.1, 0.15) is 0 Å². The minimum Gasteiger partial charge on any atom is -0.382 e. The van der Waals surface area contributed by atoms with Crippen molar-refractivity contribution in [2.75, 3.05) is 11.7 Å². The van der Waals surface area contributed by atoms with Gasteiger partial charge in [-0.3, -0.25) is 20.9 Å². The molecule has 0 aromatic heterocycles. The number of nitrogens with zero attached hydrogens (tertiary/aromatic N) is 3. The van der Waals surface area contributed by atoms with Gasteiger partial charge in [-0.15, -0.1) is 0 Å². The fourth-order valence-electron chi connectivity index (χ4n) is 1.25. The molecule has 21 heavy (non-hydrogen) atoms. The van der Waals surface area contributed by atoms with E-state index in [9.17, 15) is 18.5 Å². The van der Waals surface area contributed by atoms with Crippen LogP contribution in [0.2, 0.25) is 0 Å². The minimum atomic E-state index is -3.60. The summed E-state index contributed by atoms with van der Waals surface area (Å²) >= 11 is 0. The quantitative estimate of drug-likeness (QED) is 0.301. The molecule has 0 aliphatic carbocycles. The van der Waals surface area contributed by atoms with Gasteiger partial charge in [0.2, 0.25) is 5.71 Å². The second-order valence-electron chi connectivity index (χ2n) is 3.81. The zero-order valence-corrected chi connectivity index (χ0v) is 11.5. The maximum absolute atomic E-state index is 11.4. The molecule has 110 valence electrons. The molecule has 1 aromatic carbocycles. The summed E-state index contributed by atoms with van der Waals surface area (Å²) in [5, 5.41) is 30.1. The number of rotatable bonds is 5. The number of sulfone groups is 1. The van der Waals surface area contributed by atoms with Gasteiger partial charge in [-0.05, 0) is 12.1 Å². The van der Waals surface area contributed by atoms with Crippen LogP contribution in [-0.4, -0.2) is 31.1 Å². The zero-order chi connectivity index (χ0) is 16.2. The van der Waals surface area contributed by atoms with Gasteiger partial charge in [-0.2, -0.15) is 10.4 Å². The second kappa shape index (κ2) is 5.97. The first kappa shape index (κ1) is 16.1. The van der Waals surface area contributed by atoms with Crippen molar-refractivity contribution >= 4 is 32.8 Å². The normalized spacial score (nSPS) is 11.5. The first-order valence-electron chi connectivity index (χ1n) is 5.23. The number of nitrogens with two attached hydrogens (primary N) is 1. The molecule has 0 amide bonds. The zero-order valence-electron chi connectivity index (χ0n) is 10.7. The van der Waals surface area contributed by atoms with Gasteiger partial charge in [0.05, 0.1) is 9.82 Å². The monoisotopic (exact) mass is 310 g/mol. The maximum Gasteiger partial charge on any atom is 0.295 e. The van der Waals surface area contributed by atoms with Crippen molar-refractivity contribution in [1.29, 1.82) is 10.7 Å². The van der Waals surface area contributed by atoms with Crippen LogP contribution in [0.15, 0.2) is 28.2 Å². The molecule has 1 aromatic rings. The van der Waals surface area contributed by atoms with Gasteiger partial charge < -0.3 is 5.73 Å². The topological polar surface area (TPSA) is 175 Å². The number of anilines is 1. The highest BCUT2D eigenvalue weighted by molar-refractivity contribution is 7.90. The Kier molecular flexibility index (Phi) is 4.56. The molecule has 0 aliphatic rings. The molecule has 11 heteroatoms. The second-order valence-corrected chi connectivity index (χ2v) is 5.82. The van der Waals surface area contributed by atoms with Crippen molar-refractivity contribution in [3.05, 3.63) is 28.3 Å².